The largest absolute Gasteiger partial charge is 0.496 e. The van der Waals surface area contributed by atoms with E-state index in [0.717, 1.165) is 27.6 Å². The molecule has 0 radical (unpaired) electrons. The molecular formula is C22H17ClN2O2S. The number of thioether (sulfide) groups is 1. The summed E-state index contributed by atoms with van der Waals surface area (Å²) in [6.07, 6.45) is 1.88. The van der Waals surface area contributed by atoms with E-state index in [1.54, 1.807) is 13.2 Å². The summed E-state index contributed by atoms with van der Waals surface area (Å²) in [7, 11) is 1.65. The van der Waals surface area contributed by atoms with Gasteiger partial charge in [-0.1, -0.05) is 48.0 Å². The molecule has 1 N–H and O–H groups in total. The maximum absolute atomic E-state index is 12.4. The molecule has 3 aromatic carbocycles. The standard InChI is InChI=1S/C22H17ClN2O2S/c1-13-7-9-15(12-18(13)23)24-22-25-21(26)20(28-22)11-14-8-10-19(27-2)17-6-4-3-5-16(14)17/h3-12H,1-2H3,(H,24,25,26)/b20-11+. The number of hydrogen-bond donors (Lipinski definition) is 1. The summed E-state index contributed by atoms with van der Waals surface area (Å²) < 4.78 is 5.44. The normalized spacial score (nSPS) is 16.8. The van der Waals surface area contributed by atoms with Crippen molar-refractivity contribution in [1.29, 1.82) is 0 Å². The molecule has 6 heteroatoms. The highest BCUT2D eigenvalue weighted by Gasteiger charge is 2.24. The van der Waals surface area contributed by atoms with Crippen LogP contribution in [0, 0.1) is 6.92 Å². The highest BCUT2D eigenvalue weighted by molar-refractivity contribution is 8.18. The topological polar surface area (TPSA) is 50.7 Å². The zero-order valence-electron chi connectivity index (χ0n) is 15.3. The number of carbonyl (C=O) groups is 1. The van der Waals surface area contributed by atoms with E-state index in [2.05, 4.69) is 10.3 Å². The maximum atomic E-state index is 12.4. The van der Waals surface area contributed by atoms with Gasteiger partial charge in [0, 0.05) is 10.4 Å². The van der Waals surface area contributed by atoms with Crippen LogP contribution < -0.4 is 10.1 Å². The van der Waals surface area contributed by atoms with Crippen molar-refractivity contribution in [1.82, 2.24) is 5.32 Å². The third-order valence-electron chi connectivity index (χ3n) is 4.46. The van der Waals surface area contributed by atoms with Crippen molar-refractivity contribution >= 4 is 57.0 Å². The number of ether oxygens (including phenoxy) is 1. The summed E-state index contributed by atoms with van der Waals surface area (Å²) in [6, 6.07) is 17.4. The Morgan fingerprint density at radius 1 is 1.11 bits per heavy atom. The van der Waals surface area contributed by atoms with Crippen LogP contribution in [0.15, 0.2) is 64.5 Å². The van der Waals surface area contributed by atoms with Crippen molar-refractivity contribution < 1.29 is 9.53 Å². The molecule has 140 valence electrons. The molecule has 0 saturated carbocycles. The molecule has 4 nitrogen and oxygen atoms in total. The number of aryl methyl sites for hydroxylation is 1. The fourth-order valence-corrected chi connectivity index (χ4v) is 4.00. The minimum absolute atomic E-state index is 0.165. The fraction of sp³-hybridized carbons (Fsp3) is 0.0909. The highest BCUT2D eigenvalue weighted by atomic mass is 35.5. The van der Waals surface area contributed by atoms with Gasteiger partial charge in [0.05, 0.1) is 17.7 Å². The van der Waals surface area contributed by atoms with Gasteiger partial charge in [0.1, 0.15) is 5.75 Å². The number of amidine groups is 1. The molecule has 0 spiro atoms. The van der Waals surface area contributed by atoms with Crippen LogP contribution in [0.4, 0.5) is 5.69 Å². The maximum Gasteiger partial charge on any atom is 0.264 e. The van der Waals surface area contributed by atoms with E-state index in [-0.39, 0.29) is 5.91 Å². The second kappa shape index (κ2) is 7.70. The molecule has 1 fully saturated rings. The first kappa shape index (κ1) is 18.6. The summed E-state index contributed by atoms with van der Waals surface area (Å²) in [5, 5.41) is 6.03. The number of halogens is 1. The first-order valence-electron chi connectivity index (χ1n) is 8.66. The summed E-state index contributed by atoms with van der Waals surface area (Å²) in [5.74, 6) is 0.640. The van der Waals surface area contributed by atoms with Gasteiger partial charge in [-0.3, -0.25) is 4.79 Å². The summed E-state index contributed by atoms with van der Waals surface area (Å²) in [4.78, 5) is 17.5. The number of rotatable bonds is 3. The number of hydrogen-bond acceptors (Lipinski definition) is 4. The lowest BCUT2D eigenvalue weighted by atomic mass is 10.0. The molecule has 1 heterocycles. The first-order chi connectivity index (χ1) is 13.5. The van der Waals surface area contributed by atoms with Crippen LogP contribution in [-0.4, -0.2) is 18.2 Å². The van der Waals surface area contributed by atoms with Crippen molar-refractivity contribution in [2.45, 2.75) is 6.92 Å². The average Bonchev–Trinajstić information content (AvgIpc) is 3.04. The molecule has 1 aliphatic heterocycles. The van der Waals surface area contributed by atoms with Gasteiger partial charge < -0.3 is 10.1 Å². The Kier molecular flexibility index (Phi) is 5.11. The third-order valence-corrected chi connectivity index (χ3v) is 5.78. The van der Waals surface area contributed by atoms with Crippen LogP contribution in [-0.2, 0) is 4.79 Å². The van der Waals surface area contributed by atoms with Crippen LogP contribution in [0.3, 0.4) is 0 Å². The Balaban J connectivity index is 1.68. The van der Waals surface area contributed by atoms with Gasteiger partial charge >= 0.3 is 0 Å². The molecule has 1 saturated heterocycles. The Hall–Kier alpha value is -2.76. The zero-order valence-corrected chi connectivity index (χ0v) is 16.9. The number of carbonyl (C=O) groups excluding carboxylic acids is 1. The molecule has 0 aromatic heterocycles. The third kappa shape index (κ3) is 3.63. The second-order valence-corrected chi connectivity index (χ2v) is 7.76. The lowest BCUT2D eigenvalue weighted by molar-refractivity contribution is -0.115. The van der Waals surface area contributed by atoms with E-state index in [1.165, 1.54) is 11.8 Å². The van der Waals surface area contributed by atoms with Gasteiger partial charge in [0.15, 0.2) is 5.17 Å². The van der Waals surface area contributed by atoms with Crippen molar-refractivity contribution in [2.75, 3.05) is 7.11 Å². The predicted octanol–water partition coefficient (Wildman–Crippen LogP) is 5.70. The number of nitrogens with zero attached hydrogens (tertiary/aromatic N) is 1. The summed E-state index contributed by atoms with van der Waals surface area (Å²) >= 11 is 7.47. The molecule has 0 unspecified atom stereocenters. The van der Waals surface area contributed by atoms with E-state index < -0.39 is 0 Å². The van der Waals surface area contributed by atoms with Gasteiger partial charge in [-0.2, -0.15) is 0 Å². The van der Waals surface area contributed by atoms with Gasteiger partial charge in [-0.15, -0.1) is 0 Å². The van der Waals surface area contributed by atoms with Crippen LogP contribution in [0.25, 0.3) is 16.8 Å². The summed E-state index contributed by atoms with van der Waals surface area (Å²) in [6.45, 7) is 1.94. The Morgan fingerprint density at radius 2 is 1.89 bits per heavy atom. The molecule has 1 aliphatic rings. The molecule has 0 aliphatic carbocycles. The smallest absolute Gasteiger partial charge is 0.264 e. The second-order valence-electron chi connectivity index (χ2n) is 6.32. The van der Waals surface area contributed by atoms with E-state index in [0.29, 0.717) is 20.8 Å². The van der Waals surface area contributed by atoms with Gasteiger partial charge in [-0.25, -0.2) is 4.99 Å². The lowest BCUT2D eigenvalue weighted by Crippen LogP contribution is -2.19. The number of aliphatic imine (C=N–C) groups is 1. The minimum atomic E-state index is -0.165. The lowest BCUT2D eigenvalue weighted by Gasteiger charge is -2.08. The number of fused-ring (bicyclic) bond motifs is 1. The highest BCUT2D eigenvalue weighted by Crippen LogP contribution is 2.33. The van der Waals surface area contributed by atoms with Gasteiger partial charge in [0.2, 0.25) is 0 Å². The monoisotopic (exact) mass is 408 g/mol. The quantitative estimate of drug-likeness (QED) is 0.565. The van der Waals surface area contributed by atoms with Gasteiger partial charge in [0.25, 0.3) is 5.91 Å². The van der Waals surface area contributed by atoms with Crippen molar-refractivity contribution in [2.24, 2.45) is 4.99 Å². The average molecular weight is 409 g/mol. The SMILES string of the molecule is COc1ccc(/C=C2/SC(=Nc3ccc(C)c(Cl)c3)NC2=O)c2ccccc12. The molecular weight excluding hydrogens is 392 g/mol. The van der Waals surface area contributed by atoms with Crippen molar-refractivity contribution in [3.63, 3.8) is 0 Å². The number of nitrogens with one attached hydrogen (secondary N) is 1. The van der Waals surface area contributed by atoms with E-state index in [4.69, 9.17) is 16.3 Å². The Labute approximate surface area is 172 Å². The molecule has 1 amide bonds. The minimum Gasteiger partial charge on any atom is -0.496 e. The van der Waals surface area contributed by atoms with E-state index >= 15 is 0 Å². The van der Waals surface area contributed by atoms with E-state index in [1.807, 2.05) is 61.5 Å². The van der Waals surface area contributed by atoms with Crippen molar-refractivity contribution in [3.8, 4) is 5.75 Å². The first-order valence-corrected chi connectivity index (χ1v) is 9.86. The van der Waals surface area contributed by atoms with Crippen LogP contribution in [0.2, 0.25) is 5.02 Å². The van der Waals surface area contributed by atoms with Crippen LogP contribution in [0.1, 0.15) is 11.1 Å². The summed E-state index contributed by atoms with van der Waals surface area (Å²) in [5.41, 5.74) is 2.64. The number of amides is 1. The molecule has 28 heavy (non-hydrogen) atoms. The van der Waals surface area contributed by atoms with Crippen LogP contribution in [0.5, 0.6) is 5.75 Å². The van der Waals surface area contributed by atoms with Crippen LogP contribution >= 0.6 is 23.4 Å². The predicted molar refractivity (Wildman–Crippen MR) is 117 cm³/mol. The fourth-order valence-electron chi connectivity index (χ4n) is 2.99. The molecule has 0 atom stereocenters. The molecule has 4 rings (SSSR count). The molecule has 0 bridgehead atoms. The number of benzene rings is 3. The Bertz CT molecular complexity index is 1150. The van der Waals surface area contributed by atoms with Gasteiger partial charge in [-0.05, 0) is 59.5 Å². The zero-order chi connectivity index (χ0) is 19.7. The van der Waals surface area contributed by atoms with Crippen molar-refractivity contribution in [3.05, 3.63) is 75.7 Å². The Morgan fingerprint density at radius 3 is 2.64 bits per heavy atom. The molecule has 3 aromatic rings. The number of methoxy groups -OCH3 is 1. The van der Waals surface area contributed by atoms with E-state index in [9.17, 15) is 4.79 Å².